The van der Waals surface area contributed by atoms with E-state index in [2.05, 4.69) is 5.32 Å². The van der Waals surface area contributed by atoms with E-state index in [1.165, 1.54) is 0 Å². The van der Waals surface area contributed by atoms with Gasteiger partial charge in [-0.15, -0.1) is 0 Å². The quantitative estimate of drug-likeness (QED) is 0.653. The van der Waals surface area contributed by atoms with Crippen LogP contribution >= 0.6 is 11.8 Å². The molecule has 0 aromatic rings. The van der Waals surface area contributed by atoms with E-state index in [0.29, 0.717) is 6.42 Å². The molecule has 86 valence electrons. The van der Waals surface area contributed by atoms with Crippen LogP contribution in [0.4, 0.5) is 13.2 Å². The van der Waals surface area contributed by atoms with E-state index >= 15 is 0 Å². The lowest BCUT2D eigenvalue weighted by Crippen LogP contribution is -2.41. The van der Waals surface area contributed by atoms with Crippen molar-refractivity contribution in [2.45, 2.75) is 25.6 Å². The van der Waals surface area contributed by atoms with Crippen molar-refractivity contribution in [1.82, 2.24) is 5.32 Å². The third kappa shape index (κ3) is 8.65. The number of rotatable bonds is 7. The summed E-state index contributed by atoms with van der Waals surface area (Å²) in [5, 5.41) is 2.40. The van der Waals surface area contributed by atoms with E-state index in [4.69, 9.17) is 5.73 Å². The van der Waals surface area contributed by atoms with Gasteiger partial charge in [-0.2, -0.15) is 24.9 Å². The highest BCUT2D eigenvalue weighted by Gasteiger charge is 2.27. The fourth-order valence-electron chi connectivity index (χ4n) is 0.933. The fourth-order valence-corrected chi connectivity index (χ4v) is 1.67. The summed E-state index contributed by atoms with van der Waals surface area (Å²) in [6.45, 7) is 1.32. The standard InChI is InChI=1S/C8H17F3N2S/c1-2-14-4-3-7(5-12)13-6-8(9,10)11/h7,13H,2-6,12H2,1H3. The lowest BCUT2D eigenvalue weighted by Gasteiger charge is -2.17. The molecule has 1 unspecified atom stereocenters. The second-order valence-electron chi connectivity index (χ2n) is 2.91. The van der Waals surface area contributed by atoms with Gasteiger partial charge in [0.05, 0.1) is 6.54 Å². The molecule has 14 heavy (non-hydrogen) atoms. The van der Waals surface area contributed by atoms with Crippen molar-refractivity contribution in [2.75, 3.05) is 24.6 Å². The molecular formula is C8H17F3N2S. The van der Waals surface area contributed by atoms with Crippen LogP contribution in [0.5, 0.6) is 0 Å². The summed E-state index contributed by atoms with van der Waals surface area (Å²) in [5.74, 6) is 1.83. The van der Waals surface area contributed by atoms with Crippen LogP contribution < -0.4 is 11.1 Å². The zero-order chi connectivity index (χ0) is 11.0. The van der Waals surface area contributed by atoms with Gasteiger partial charge in [-0.05, 0) is 17.9 Å². The summed E-state index contributed by atoms with van der Waals surface area (Å²) in [6.07, 6.45) is -3.46. The first-order chi connectivity index (χ1) is 6.49. The predicted molar refractivity (Wildman–Crippen MR) is 54.5 cm³/mol. The molecule has 0 aliphatic rings. The molecule has 0 fully saturated rings. The van der Waals surface area contributed by atoms with Gasteiger partial charge in [0.15, 0.2) is 0 Å². The summed E-state index contributed by atoms with van der Waals surface area (Å²) in [5.41, 5.74) is 5.35. The third-order valence-corrected chi connectivity index (χ3v) is 2.62. The van der Waals surface area contributed by atoms with Gasteiger partial charge >= 0.3 is 6.18 Å². The molecule has 2 nitrogen and oxygen atoms in total. The number of thioether (sulfide) groups is 1. The topological polar surface area (TPSA) is 38.0 Å². The van der Waals surface area contributed by atoms with Gasteiger partial charge in [0, 0.05) is 12.6 Å². The van der Waals surface area contributed by atoms with Crippen molar-refractivity contribution in [3.8, 4) is 0 Å². The SMILES string of the molecule is CCSCCC(CN)NCC(F)(F)F. The lowest BCUT2D eigenvalue weighted by atomic mass is 10.2. The zero-order valence-corrected chi connectivity index (χ0v) is 9.05. The number of hydrogen-bond donors (Lipinski definition) is 2. The van der Waals surface area contributed by atoms with Crippen LogP contribution in [0, 0.1) is 0 Å². The number of halogens is 3. The first-order valence-corrected chi connectivity index (χ1v) is 5.73. The van der Waals surface area contributed by atoms with Gasteiger partial charge in [-0.1, -0.05) is 6.92 Å². The Hall–Kier alpha value is 0.0600. The van der Waals surface area contributed by atoms with Crippen LogP contribution in [0.3, 0.4) is 0 Å². The molecule has 1 atom stereocenters. The smallest absolute Gasteiger partial charge is 0.329 e. The molecule has 0 radical (unpaired) electrons. The van der Waals surface area contributed by atoms with Crippen molar-refractivity contribution in [2.24, 2.45) is 5.73 Å². The molecule has 0 saturated heterocycles. The third-order valence-electron chi connectivity index (χ3n) is 1.69. The van der Waals surface area contributed by atoms with Crippen LogP contribution in [0.2, 0.25) is 0 Å². The van der Waals surface area contributed by atoms with Crippen LogP contribution in [0.1, 0.15) is 13.3 Å². The average molecular weight is 230 g/mol. The molecule has 0 amide bonds. The predicted octanol–water partition coefficient (Wildman–Crippen LogP) is 1.61. The van der Waals surface area contributed by atoms with Gasteiger partial charge in [0.1, 0.15) is 0 Å². The largest absolute Gasteiger partial charge is 0.401 e. The maximum atomic E-state index is 11.8. The summed E-state index contributed by atoms with van der Waals surface area (Å²) in [6, 6.07) is -0.226. The zero-order valence-electron chi connectivity index (χ0n) is 8.23. The minimum absolute atomic E-state index is 0.226. The maximum absolute atomic E-state index is 11.8. The summed E-state index contributed by atoms with van der Waals surface area (Å²) < 4.78 is 35.5. The van der Waals surface area contributed by atoms with E-state index in [-0.39, 0.29) is 12.6 Å². The fraction of sp³-hybridized carbons (Fsp3) is 1.00. The average Bonchev–Trinajstić information content (AvgIpc) is 2.09. The minimum Gasteiger partial charge on any atom is -0.329 e. The van der Waals surface area contributed by atoms with Crippen LogP contribution in [0.25, 0.3) is 0 Å². The van der Waals surface area contributed by atoms with E-state index in [0.717, 1.165) is 11.5 Å². The molecule has 0 rings (SSSR count). The van der Waals surface area contributed by atoms with Crippen molar-refractivity contribution in [1.29, 1.82) is 0 Å². The second-order valence-corrected chi connectivity index (χ2v) is 4.31. The minimum atomic E-state index is -4.15. The highest BCUT2D eigenvalue weighted by atomic mass is 32.2. The van der Waals surface area contributed by atoms with E-state index in [1.807, 2.05) is 6.92 Å². The highest BCUT2D eigenvalue weighted by Crippen LogP contribution is 2.13. The molecule has 0 aromatic carbocycles. The molecule has 0 saturated carbocycles. The van der Waals surface area contributed by atoms with E-state index in [9.17, 15) is 13.2 Å². The molecule has 0 bridgehead atoms. The van der Waals surface area contributed by atoms with Gasteiger partial charge < -0.3 is 11.1 Å². The molecule has 0 aliphatic carbocycles. The van der Waals surface area contributed by atoms with E-state index in [1.54, 1.807) is 11.8 Å². The maximum Gasteiger partial charge on any atom is 0.401 e. The van der Waals surface area contributed by atoms with Crippen molar-refractivity contribution < 1.29 is 13.2 Å². The van der Waals surface area contributed by atoms with Gasteiger partial charge in [-0.3, -0.25) is 0 Å². The molecule has 0 heterocycles. The van der Waals surface area contributed by atoms with Crippen molar-refractivity contribution in [3.63, 3.8) is 0 Å². The summed E-state index contributed by atoms with van der Waals surface area (Å²) in [7, 11) is 0. The first kappa shape index (κ1) is 14.1. The number of hydrogen-bond acceptors (Lipinski definition) is 3. The van der Waals surface area contributed by atoms with Crippen LogP contribution in [-0.4, -0.2) is 36.8 Å². The van der Waals surface area contributed by atoms with Gasteiger partial charge in [0.2, 0.25) is 0 Å². The Morgan fingerprint density at radius 1 is 1.43 bits per heavy atom. The number of nitrogens with two attached hydrogens (primary N) is 1. The van der Waals surface area contributed by atoms with Crippen LogP contribution in [-0.2, 0) is 0 Å². The molecular weight excluding hydrogens is 213 g/mol. The number of alkyl halides is 3. The van der Waals surface area contributed by atoms with Crippen LogP contribution in [0.15, 0.2) is 0 Å². The Bertz CT molecular complexity index is 141. The monoisotopic (exact) mass is 230 g/mol. The molecule has 3 N–H and O–H groups in total. The molecule has 6 heteroatoms. The Labute approximate surface area is 86.8 Å². The second kappa shape index (κ2) is 7.36. The molecule has 0 spiro atoms. The van der Waals surface area contributed by atoms with Crippen molar-refractivity contribution in [3.05, 3.63) is 0 Å². The molecule has 0 aromatic heterocycles. The Morgan fingerprint density at radius 3 is 2.50 bits per heavy atom. The molecule has 0 aliphatic heterocycles. The Morgan fingerprint density at radius 2 is 2.07 bits per heavy atom. The lowest BCUT2D eigenvalue weighted by molar-refractivity contribution is -0.126. The summed E-state index contributed by atoms with van der Waals surface area (Å²) >= 11 is 1.71. The normalized spacial score (nSPS) is 14.4. The Balaban J connectivity index is 3.58. The Kier molecular flexibility index (Phi) is 7.40. The highest BCUT2D eigenvalue weighted by molar-refractivity contribution is 7.99. The summed E-state index contributed by atoms with van der Waals surface area (Å²) in [4.78, 5) is 0. The van der Waals surface area contributed by atoms with Gasteiger partial charge in [0.25, 0.3) is 0 Å². The first-order valence-electron chi connectivity index (χ1n) is 4.57. The van der Waals surface area contributed by atoms with Crippen molar-refractivity contribution >= 4 is 11.8 Å². The van der Waals surface area contributed by atoms with Gasteiger partial charge in [-0.25, -0.2) is 0 Å². The number of nitrogens with one attached hydrogen (secondary N) is 1. The van der Waals surface area contributed by atoms with E-state index < -0.39 is 12.7 Å².